The maximum atomic E-state index is 10.2. The molecule has 0 saturated carbocycles. The van der Waals surface area contributed by atoms with Crippen LogP contribution in [0.2, 0.25) is 0 Å². The van der Waals surface area contributed by atoms with Crippen LogP contribution in [0.25, 0.3) is 0 Å². The van der Waals surface area contributed by atoms with Gasteiger partial charge >= 0.3 is 5.97 Å². The summed E-state index contributed by atoms with van der Waals surface area (Å²) in [6.07, 6.45) is 1.08. The van der Waals surface area contributed by atoms with Crippen molar-refractivity contribution in [1.29, 1.82) is 0 Å². The third kappa shape index (κ3) is 6.20. The topological polar surface area (TPSA) is 63.3 Å². The average molecular weight is 195 g/mol. The Labute approximate surface area is 84.6 Å². The molecule has 0 fully saturated rings. The van der Waals surface area contributed by atoms with Crippen LogP contribution in [-0.4, -0.2) is 17.1 Å². The summed E-state index contributed by atoms with van der Waals surface area (Å²) < 4.78 is 0. The normalized spacial score (nSPS) is 11.1. The lowest BCUT2D eigenvalue weighted by Crippen LogP contribution is -2.11. The van der Waals surface area contributed by atoms with E-state index < -0.39 is 5.97 Å². The van der Waals surface area contributed by atoms with Gasteiger partial charge in [0, 0.05) is 6.04 Å². The largest absolute Gasteiger partial charge is 0.478 e. The molecule has 0 aliphatic heterocycles. The minimum Gasteiger partial charge on any atom is -0.478 e. The van der Waals surface area contributed by atoms with E-state index in [9.17, 15) is 4.79 Å². The van der Waals surface area contributed by atoms with Gasteiger partial charge in [-0.25, -0.2) is 4.79 Å². The van der Waals surface area contributed by atoms with Crippen LogP contribution in [0.3, 0.4) is 0 Å². The Hall–Kier alpha value is -1.35. The molecule has 1 aromatic carbocycles. The maximum Gasteiger partial charge on any atom is 0.335 e. The molecular formula is C11H17NO2. The SMILES string of the molecule is CCC(C)N.O=C(O)c1ccccc1. The predicted octanol–water partition coefficient (Wildman–Crippen LogP) is 2.13. The van der Waals surface area contributed by atoms with E-state index in [1.807, 2.05) is 6.92 Å². The molecule has 0 amide bonds. The molecule has 0 aromatic heterocycles. The monoisotopic (exact) mass is 195 g/mol. The Bertz CT molecular complexity index is 257. The molecule has 1 unspecified atom stereocenters. The average Bonchev–Trinajstić information content (AvgIpc) is 2.20. The van der Waals surface area contributed by atoms with Gasteiger partial charge in [0.1, 0.15) is 0 Å². The molecule has 0 spiro atoms. The first-order valence-electron chi connectivity index (χ1n) is 4.61. The number of carboxylic acid groups (broad SMARTS) is 1. The summed E-state index contributed by atoms with van der Waals surface area (Å²) in [6, 6.07) is 8.68. The fraction of sp³-hybridized carbons (Fsp3) is 0.364. The smallest absolute Gasteiger partial charge is 0.335 e. The Morgan fingerprint density at radius 1 is 1.43 bits per heavy atom. The number of hydrogen-bond donors (Lipinski definition) is 2. The molecular weight excluding hydrogens is 178 g/mol. The lowest BCUT2D eigenvalue weighted by atomic mass is 10.2. The first-order chi connectivity index (χ1) is 6.57. The van der Waals surface area contributed by atoms with E-state index in [1.165, 1.54) is 0 Å². The summed E-state index contributed by atoms with van der Waals surface area (Å²) in [7, 11) is 0. The molecule has 14 heavy (non-hydrogen) atoms. The van der Waals surface area contributed by atoms with Crippen LogP contribution < -0.4 is 5.73 Å². The lowest BCUT2D eigenvalue weighted by Gasteiger charge is -1.91. The van der Waals surface area contributed by atoms with Crippen molar-refractivity contribution in [2.75, 3.05) is 0 Å². The molecule has 0 heterocycles. The Morgan fingerprint density at radius 2 is 1.86 bits per heavy atom. The highest BCUT2D eigenvalue weighted by molar-refractivity contribution is 5.87. The van der Waals surface area contributed by atoms with Crippen molar-refractivity contribution in [3.05, 3.63) is 35.9 Å². The van der Waals surface area contributed by atoms with Crippen LogP contribution in [-0.2, 0) is 0 Å². The third-order valence-corrected chi connectivity index (χ3v) is 1.66. The predicted molar refractivity (Wildman–Crippen MR) is 57.3 cm³/mol. The molecule has 0 radical (unpaired) electrons. The van der Waals surface area contributed by atoms with Gasteiger partial charge in [0.2, 0.25) is 0 Å². The Morgan fingerprint density at radius 3 is 2.07 bits per heavy atom. The maximum absolute atomic E-state index is 10.2. The summed E-state index contributed by atoms with van der Waals surface area (Å²) in [5.41, 5.74) is 5.62. The second-order valence-electron chi connectivity index (χ2n) is 3.06. The van der Waals surface area contributed by atoms with Crippen LogP contribution in [0, 0.1) is 0 Å². The molecule has 3 heteroatoms. The standard InChI is InChI=1S/C7H6O2.C4H11N/c8-7(9)6-4-2-1-3-5-6;1-3-4(2)5/h1-5H,(H,8,9);4H,3,5H2,1-2H3. The number of carboxylic acids is 1. The minimum atomic E-state index is -0.879. The highest BCUT2D eigenvalue weighted by atomic mass is 16.4. The number of aromatic carboxylic acids is 1. The molecule has 0 aliphatic carbocycles. The second-order valence-corrected chi connectivity index (χ2v) is 3.06. The van der Waals surface area contributed by atoms with Crippen molar-refractivity contribution < 1.29 is 9.90 Å². The fourth-order valence-corrected chi connectivity index (χ4v) is 0.581. The zero-order valence-corrected chi connectivity index (χ0v) is 8.60. The molecule has 1 aromatic rings. The summed E-state index contributed by atoms with van der Waals surface area (Å²) in [4.78, 5) is 10.2. The molecule has 0 aliphatic rings. The number of rotatable bonds is 2. The van der Waals surface area contributed by atoms with E-state index in [4.69, 9.17) is 10.8 Å². The number of benzene rings is 1. The summed E-state index contributed by atoms with van der Waals surface area (Å²) in [5, 5.41) is 8.38. The molecule has 1 rings (SSSR count). The van der Waals surface area contributed by atoms with Crippen LogP contribution in [0.4, 0.5) is 0 Å². The molecule has 78 valence electrons. The number of hydrogen-bond acceptors (Lipinski definition) is 2. The van der Waals surface area contributed by atoms with Gasteiger partial charge in [0.25, 0.3) is 0 Å². The molecule has 3 nitrogen and oxygen atoms in total. The first kappa shape index (κ1) is 12.7. The van der Waals surface area contributed by atoms with E-state index in [0.717, 1.165) is 6.42 Å². The summed E-state index contributed by atoms with van der Waals surface area (Å²) in [6.45, 7) is 4.07. The lowest BCUT2D eigenvalue weighted by molar-refractivity contribution is 0.0697. The quantitative estimate of drug-likeness (QED) is 0.759. The van der Waals surface area contributed by atoms with Gasteiger partial charge in [-0.2, -0.15) is 0 Å². The zero-order chi connectivity index (χ0) is 11.0. The van der Waals surface area contributed by atoms with Gasteiger partial charge in [0.05, 0.1) is 5.56 Å². The van der Waals surface area contributed by atoms with Crippen molar-refractivity contribution in [2.45, 2.75) is 26.3 Å². The van der Waals surface area contributed by atoms with Gasteiger partial charge in [0.15, 0.2) is 0 Å². The highest BCUT2D eigenvalue weighted by Crippen LogP contribution is 1.96. The molecule has 3 N–H and O–H groups in total. The van der Waals surface area contributed by atoms with Crippen molar-refractivity contribution in [2.24, 2.45) is 5.73 Å². The zero-order valence-electron chi connectivity index (χ0n) is 8.60. The van der Waals surface area contributed by atoms with E-state index in [-0.39, 0.29) is 0 Å². The second kappa shape index (κ2) is 7.09. The number of carbonyl (C=O) groups is 1. The van der Waals surface area contributed by atoms with Gasteiger partial charge in [-0.15, -0.1) is 0 Å². The van der Waals surface area contributed by atoms with Crippen molar-refractivity contribution >= 4 is 5.97 Å². The molecule has 1 atom stereocenters. The van der Waals surface area contributed by atoms with Crippen molar-refractivity contribution in [3.63, 3.8) is 0 Å². The Kier molecular flexibility index (Phi) is 6.41. The van der Waals surface area contributed by atoms with Gasteiger partial charge in [-0.3, -0.25) is 0 Å². The summed E-state index contributed by atoms with van der Waals surface area (Å²) in [5.74, 6) is -0.879. The third-order valence-electron chi connectivity index (χ3n) is 1.66. The van der Waals surface area contributed by atoms with Gasteiger partial charge in [-0.05, 0) is 25.5 Å². The van der Waals surface area contributed by atoms with Crippen LogP contribution in [0.15, 0.2) is 30.3 Å². The van der Waals surface area contributed by atoms with Crippen LogP contribution >= 0.6 is 0 Å². The Balaban J connectivity index is 0.000000292. The van der Waals surface area contributed by atoms with E-state index in [2.05, 4.69) is 6.92 Å². The van der Waals surface area contributed by atoms with Crippen molar-refractivity contribution in [3.8, 4) is 0 Å². The minimum absolute atomic E-state index is 0.331. The molecule has 0 bridgehead atoms. The fourth-order valence-electron chi connectivity index (χ4n) is 0.581. The first-order valence-corrected chi connectivity index (χ1v) is 4.61. The van der Waals surface area contributed by atoms with E-state index >= 15 is 0 Å². The summed E-state index contributed by atoms with van der Waals surface area (Å²) >= 11 is 0. The van der Waals surface area contributed by atoms with Crippen LogP contribution in [0.1, 0.15) is 30.6 Å². The highest BCUT2D eigenvalue weighted by Gasteiger charge is 1.96. The van der Waals surface area contributed by atoms with Gasteiger partial charge in [-0.1, -0.05) is 25.1 Å². The van der Waals surface area contributed by atoms with Crippen LogP contribution in [0.5, 0.6) is 0 Å². The van der Waals surface area contributed by atoms with E-state index in [0.29, 0.717) is 11.6 Å². The van der Waals surface area contributed by atoms with Gasteiger partial charge < -0.3 is 10.8 Å². The number of nitrogens with two attached hydrogens (primary N) is 1. The van der Waals surface area contributed by atoms with Crippen molar-refractivity contribution in [1.82, 2.24) is 0 Å². The molecule has 0 saturated heterocycles. The van der Waals surface area contributed by atoms with E-state index in [1.54, 1.807) is 30.3 Å².